The molecule has 2 aromatic carbocycles. The Hall–Kier alpha value is -5.53. The van der Waals surface area contributed by atoms with E-state index in [1.165, 1.54) is 10.7 Å². The molecule has 4 heterocycles. The van der Waals surface area contributed by atoms with E-state index in [9.17, 15) is 27.3 Å². The van der Waals surface area contributed by atoms with Gasteiger partial charge in [0, 0.05) is 48.8 Å². The van der Waals surface area contributed by atoms with E-state index in [4.69, 9.17) is 21.3 Å². The van der Waals surface area contributed by atoms with E-state index in [0.717, 1.165) is 23.1 Å². The number of nitrogens with zero attached hydrogens (tertiary/aromatic N) is 6. The number of halogens is 5. The molecule has 0 radical (unpaired) electrons. The number of aryl methyl sites for hydroxylation is 1. The Morgan fingerprint density at radius 2 is 1.90 bits per heavy atom. The van der Waals surface area contributed by atoms with Crippen LogP contribution in [-0.4, -0.2) is 70.4 Å². The van der Waals surface area contributed by atoms with Gasteiger partial charge < -0.3 is 15.4 Å². The summed E-state index contributed by atoms with van der Waals surface area (Å²) in [5.41, 5.74) is 0.298. The van der Waals surface area contributed by atoms with Gasteiger partial charge in [-0.25, -0.2) is 22.2 Å². The predicted octanol–water partition coefficient (Wildman–Crippen LogP) is 5.05. The number of benzene rings is 2. The van der Waals surface area contributed by atoms with Crippen molar-refractivity contribution in [1.29, 1.82) is 5.26 Å². The van der Waals surface area contributed by atoms with E-state index < -0.39 is 69.2 Å². The predicted molar refractivity (Wildman–Crippen MR) is 204 cm³/mol. The molecule has 1 amide bonds. The lowest BCUT2D eigenvalue weighted by Crippen LogP contribution is -2.46. The Morgan fingerprint density at radius 3 is 2.59 bits per heavy atom. The molecule has 3 N–H and O–H groups in total. The number of alkyl halides is 2. The van der Waals surface area contributed by atoms with E-state index in [1.807, 2.05) is 13.0 Å². The maximum Gasteiger partial charge on any atom is 0.293 e. The molecule has 3 aromatic heterocycles. The average Bonchev–Trinajstić information content (AvgIpc) is 3.70. The molecule has 2 fully saturated rings. The molecule has 8 rings (SSSR count). The third-order valence-electron chi connectivity index (χ3n) is 10.4. The minimum atomic E-state index is -3.80. The minimum absolute atomic E-state index is 0.0452. The second kappa shape index (κ2) is 14.4. The summed E-state index contributed by atoms with van der Waals surface area (Å²) in [4.78, 5) is 18.9. The van der Waals surface area contributed by atoms with Crippen molar-refractivity contribution in [2.24, 2.45) is 13.0 Å². The Kier molecular flexibility index (Phi) is 9.75. The summed E-state index contributed by atoms with van der Waals surface area (Å²) in [6.07, 6.45) is 0.938. The summed E-state index contributed by atoms with van der Waals surface area (Å²) in [5, 5.41) is 24.7. The van der Waals surface area contributed by atoms with Gasteiger partial charge >= 0.3 is 0 Å². The van der Waals surface area contributed by atoms with Crippen molar-refractivity contribution in [3.05, 3.63) is 93.0 Å². The average molecular weight is 836 g/mol. The molecule has 0 spiro atoms. The SMILES string of the molecule is Cn1nc(NS(C)(=O)=O)c2c(Cl)ccc(-c3ccc(C#C[C@]4(C)CNCCO4)nc3[C@H](Cc3cc(F)cc(F)c3)NC(=O)Cn3nc(C#N)c4c3C(F)(F)[C@@H]3C[C@H]43)c21. The first-order chi connectivity index (χ1) is 27.4. The number of aromatic nitrogens is 5. The van der Waals surface area contributed by atoms with Gasteiger partial charge in [0.15, 0.2) is 11.5 Å². The second-order valence-electron chi connectivity index (χ2n) is 14.9. The Bertz CT molecular complexity index is 2730. The largest absolute Gasteiger partial charge is 0.360 e. The summed E-state index contributed by atoms with van der Waals surface area (Å²) >= 11 is 6.64. The molecular weight excluding hydrogens is 802 g/mol. The third kappa shape index (κ3) is 7.37. The van der Waals surface area contributed by atoms with Gasteiger partial charge in [0.2, 0.25) is 15.9 Å². The molecule has 1 saturated heterocycles. The highest BCUT2D eigenvalue weighted by molar-refractivity contribution is 7.92. The fourth-order valence-corrected chi connectivity index (χ4v) is 8.64. The van der Waals surface area contributed by atoms with Crippen LogP contribution in [0.25, 0.3) is 22.0 Å². The maximum absolute atomic E-state index is 15.5. The van der Waals surface area contributed by atoms with Crippen molar-refractivity contribution in [3.8, 4) is 29.0 Å². The van der Waals surface area contributed by atoms with Crippen LogP contribution in [0.4, 0.5) is 23.4 Å². The molecule has 3 aliphatic rings. The highest BCUT2D eigenvalue weighted by atomic mass is 35.5. The number of amides is 1. The van der Waals surface area contributed by atoms with Gasteiger partial charge in [-0.2, -0.15) is 24.2 Å². The molecule has 13 nitrogen and oxygen atoms in total. The lowest BCUT2D eigenvalue weighted by Gasteiger charge is -2.29. The van der Waals surface area contributed by atoms with Gasteiger partial charge in [-0.3, -0.25) is 18.9 Å². The van der Waals surface area contributed by atoms with E-state index in [2.05, 4.69) is 37.4 Å². The van der Waals surface area contributed by atoms with Gasteiger partial charge in [0.25, 0.3) is 5.92 Å². The second-order valence-corrected chi connectivity index (χ2v) is 17.0. The first-order valence-electron chi connectivity index (χ1n) is 18.1. The van der Waals surface area contributed by atoms with Gasteiger partial charge in [0.05, 0.1) is 40.5 Å². The Balaban J connectivity index is 1.28. The van der Waals surface area contributed by atoms with Crippen LogP contribution in [0.5, 0.6) is 0 Å². The van der Waals surface area contributed by atoms with Crippen molar-refractivity contribution >= 4 is 44.3 Å². The molecule has 0 unspecified atom stereocenters. The Morgan fingerprint density at radius 1 is 1.16 bits per heavy atom. The highest BCUT2D eigenvalue weighted by Gasteiger charge is 2.66. The standard InChI is InChI=1S/C39H34ClF4N9O4S/c1-38(19-46-10-11-57-38)9-8-23-4-5-24(25-6-7-28(40)33-35(25)52(2)50-37(33)51-58(3,55)56)34(47-23)29(14-20-12-21(41)15-22(42)13-20)48-31(54)18-53-36-32(30(17-45)49-53)26-16-27(26)39(36,43)44/h4-7,12-13,15,26-27,29,46H,10-11,14,16,18-19H2,1-3H3,(H,48,54)(H,50,51)/t26-,27+,29-,38+/m0/s1. The number of rotatable bonds is 9. The van der Waals surface area contributed by atoms with Crippen LogP contribution in [0.1, 0.15) is 59.2 Å². The number of hydrogen-bond acceptors (Lipinski definition) is 9. The number of nitrogens with one attached hydrogen (secondary N) is 3. The van der Waals surface area contributed by atoms with Crippen molar-refractivity contribution in [2.45, 2.75) is 49.8 Å². The Labute approximate surface area is 334 Å². The van der Waals surface area contributed by atoms with Crippen LogP contribution >= 0.6 is 11.6 Å². The number of carbonyl (C=O) groups is 1. The van der Waals surface area contributed by atoms with E-state index in [1.54, 1.807) is 25.2 Å². The highest BCUT2D eigenvalue weighted by Crippen LogP contribution is 2.67. The van der Waals surface area contributed by atoms with E-state index >= 15 is 8.78 Å². The van der Waals surface area contributed by atoms with Crippen molar-refractivity contribution in [2.75, 3.05) is 30.7 Å². The number of fused-ring (bicyclic) bond motifs is 4. The minimum Gasteiger partial charge on any atom is -0.360 e. The van der Waals surface area contributed by atoms with Crippen molar-refractivity contribution in [1.82, 2.24) is 35.2 Å². The van der Waals surface area contributed by atoms with Crippen LogP contribution in [0.15, 0.2) is 42.5 Å². The topological polar surface area (TPSA) is 169 Å². The summed E-state index contributed by atoms with van der Waals surface area (Å²) in [6.45, 7) is 2.62. The zero-order valence-electron chi connectivity index (χ0n) is 31.1. The molecule has 300 valence electrons. The normalized spacial score (nSPS) is 21.0. The first-order valence-corrected chi connectivity index (χ1v) is 20.4. The first kappa shape index (κ1) is 39.3. The fourth-order valence-electron chi connectivity index (χ4n) is 7.91. The van der Waals surface area contributed by atoms with Crippen LogP contribution in [0, 0.1) is 40.7 Å². The van der Waals surface area contributed by atoms with Crippen LogP contribution in [0.2, 0.25) is 5.02 Å². The molecule has 2 aliphatic carbocycles. The zero-order chi connectivity index (χ0) is 41.3. The lowest BCUT2D eigenvalue weighted by molar-refractivity contribution is -0.122. The summed E-state index contributed by atoms with van der Waals surface area (Å²) in [6, 6.07) is 10.0. The molecule has 5 aromatic rings. The molecule has 1 saturated carbocycles. The number of nitriles is 1. The molecule has 19 heteroatoms. The fraction of sp³-hybridized carbons (Fsp3) is 0.359. The number of anilines is 1. The summed E-state index contributed by atoms with van der Waals surface area (Å²) in [7, 11) is -2.22. The number of sulfonamides is 1. The van der Waals surface area contributed by atoms with Crippen molar-refractivity contribution in [3.63, 3.8) is 0 Å². The van der Waals surface area contributed by atoms with Crippen molar-refractivity contribution < 1.29 is 35.5 Å². The summed E-state index contributed by atoms with van der Waals surface area (Å²) in [5.74, 6) is -1.25. The third-order valence-corrected chi connectivity index (χ3v) is 11.3. The molecular formula is C39H34ClF4N9O4S. The number of ether oxygens (including phenoxy) is 1. The monoisotopic (exact) mass is 835 g/mol. The molecule has 1 aliphatic heterocycles. The number of pyridine rings is 1. The summed E-state index contributed by atoms with van der Waals surface area (Å²) < 4.78 is 95.3. The smallest absolute Gasteiger partial charge is 0.293 e. The number of hydrogen-bond donors (Lipinski definition) is 3. The van der Waals surface area contributed by atoms with Crippen LogP contribution in [0.3, 0.4) is 0 Å². The number of carbonyl (C=O) groups excluding carboxylic acids is 1. The molecule has 58 heavy (non-hydrogen) atoms. The quantitative estimate of drug-likeness (QED) is 0.136. The van der Waals surface area contributed by atoms with Gasteiger partial charge in [-0.1, -0.05) is 23.6 Å². The van der Waals surface area contributed by atoms with E-state index in [-0.39, 0.29) is 57.3 Å². The number of morpholine rings is 1. The zero-order valence-corrected chi connectivity index (χ0v) is 32.7. The molecule has 0 bridgehead atoms. The van der Waals surface area contributed by atoms with E-state index in [0.29, 0.717) is 42.4 Å². The van der Waals surface area contributed by atoms with Gasteiger partial charge in [0.1, 0.15) is 41.2 Å². The lowest BCUT2D eigenvalue weighted by atomic mass is 9.93. The van der Waals surface area contributed by atoms with Gasteiger partial charge in [-0.05, 0) is 67.5 Å². The van der Waals surface area contributed by atoms with Gasteiger partial charge in [-0.15, -0.1) is 0 Å². The van der Waals surface area contributed by atoms with Crippen LogP contribution < -0.4 is 15.4 Å². The molecule has 4 atom stereocenters. The van der Waals surface area contributed by atoms with Crippen LogP contribution in [-0.2, 0) is 45.5 Å². The maximum atomic E-state index is 15.5.